The molecule has 108 valence electrons. The number of hydrogen-bond acceptors (Lipinski definition) is 3. The van der Waals surface area contributed by atoms with Crippen LogP contribution in [-0.4, -0.2) is 33.8 Å². The van der Waals surface area contributed by atoms with Gasteiger partial charge in [-0.25, -0.2) is 0 Å². The van der Waals surface area contributed by atoms with Crippen molar-refractivity contribution in [3.63, 3.8) is 0 Å². The van der Waals surface area contributed by atoms with E-state index in [0.29, 0.717) is 0 Å². The Kier molecular flexibility index (Phi) is 5.92. The summed E-state index contributed by atoms with van der Waals surface area (Å²) in [6.07, 6.45) is 8.15. The Balaban J connectivity index is 1.90. The van der Waals surface area contributed by atoms with Crippen LogP contribution in [0.25, 0.3) is 0 Å². The van der Waals surface area contributed by atoms with E-state index in [-0.39, 0.29) is 0 Å². The quantitative estimate of drug-likeness (QED) is 0.516. The topological polar surface area (TPSA) is 40.5 Å². The molecule has 0 unspecified atom stereocenters. The van der Waals surface area contributed by atoms with Crippen molar-refractivity contribution in [2.75, 3.05) is 13.1 Å². The fraction of sp³-hybridized carbons (Fsp3) is 0.533. The molecule has 1 aromatic rings. The number of likely N-dealkylation sites (tertiary alicyclic amines) is 1. The van der Waals surface area contributed by atoms with Crippen molar-refractivity contribution in [1.29, 1.82) is 0 Å². The van der Waals surface area contributed by atoms with Gasteiger partial charge in [-0.05, 0) is 44.1 Å². The van der Waals surface area contributed by atoms with Gasteiger partial charge in [-0.2, -0.15) is 5.10 Å². The highest BCUT2D eigenvalue weighted by Gasteiger charge is 2.11. The first-order valence-corrected chi connectivity index (χ1v) is 7.69. The van der Waals surface area contributed by atoms with Gasteiger partial charge in [0.05, 0.1) is 11.4 Å². The lowest BCUT2D eigenvalue weighted by Gasteiger charge is -2.26. The third kappa shape index (κ3) is 4.56. The number of aromatic nitrogens is 1. The standard InChI is InChI=1S/C15H22N4S/c1-13(14-9-5-6-10-16-14)17-18-15(20)19-11-7-3-2-4-8-12-19/h5-6,9-10H,2-4,7-8,11-12H2,1H3,(H,18,20). The number of nitrogens with one attached hydrogen (secondary N) is 1. The van der Waals surface area contributed by atoms with Crippen molar-refractivity contribution >= 4 is 23.0 Å². The molecule has 2 heterocycles. The summed E-state index contributed by atoms with van der Waals surface area (Å²) in [5.74, 6) is 0. The Bertz CT molecular complexity index is 450. The van der Waals surface area contributed by atoms with Crippen LogP contribution in [-0.2, 0) is 0 Å². The van der Waals surface area contributed by atoms with Gasteiger partial charge in [-0.15, -0.1) is 0 Å². The average molecular weight is 290 g/mol. The highest BCUT2D eigenvalue weighted by Crippen LogP contribution is 2.10. The van der Waals surface area contributed by atoms with Gasteiger partial charge in [-0.1, -0.05) is 25.3 Å². The summed E-state index contributed by atoms with van der Waals surface area (Å²) >= 11 is 5.43. The summed E-state index contributed by atoms with van der Waals surface area (Å²) < 4.78 is 0. The minimum atomic E-state index is 0.724. The molecule has 0 aliphatic carbocycles. The molecule has 1 saturated heterocycles. The first-order valence-electron chi connectivity index (χ1n) is 7.28. The summed E-state index contributed by atoms with van der Waals surface area (Å²) in [5.41, 5.74) is 4.72. The molecular weight excluding hydrogens is 268 g/mol. The summed E-state index contributed by atoms with van der Waals surface area (Å²) in [4.78, 5) is 6.49. The van der Waals surface area contributed by atoms with Gasteiger partial charge < -0.3 is 4.90 Å². The van der Waals surface area contributed by atoms with Crippen LogP contribution < -0.4 is 5.43 Å². The fourth-order valence-corrected chi connectivity index (χ4v) is 2.52. The van der Waals surface area contributed by atoms with E-state index >= 15 is 0 Å². The van der Waals surface area contributed by atoms with E-state index < -0.39 is 0 Å². The lowest BCUT2D eigenvalue weighted by atomic mass is 10.1. The number of pyridine rings is 1. The van der Waals surface area contributed by atoms with Crippen molar-refractivity contribution in [2.45, 2.75) is 39.0 Å². The van der Waals surface area contributed by atoms with Crippen LogP contribution in [0.15, 0.2) is 29.5 Å². The maximum Gasteiger partial charge on any atom is 0.189 e. The molecule has 5 heteroatoms. The van der Waals surface area contributed by atoms with E-state index in [2.05, 4.69) is 20.4 Å². The fourth-order valence-electron chi connectivity index (χ4n) is 2.29. The van der Waals surface area contributed by atoms with Crippen LogP contribution in [0.4, 0.5) is 0 Å². The Morgan fingerprint density at radius 1 is 1.20 bits per heavy atom. The normalized spacial score (nSPS) is 17.2. The molecule has 0 aromatic carbocycles. The number of hydrogen-bond donors (Lipinski definition) is 1. The Labute approximate surface area is 126 Å². The maximum atomic E-state index is 5.43. The van der Waals surface area contributed by atoms with Crippen LogP contribution >= 0.6 is 12.2 Å². The van der Waals surface area contributed by atoms with Crippen molar-refractivity contribution in [1.82, 2.24) is 15.3 Å². The summed E-state index contributed by atoms with van der Waals surface area (Å²) in [6.45, 7) is 4.00. The van der Waals surface area contributed by atoms with Crippen molar-refractivity contribution in [2.24, 2.45) is 5.10 Å². The molecule has 0 atom stereocenters. The molecule has 0 saturated carbocycles. The summed E-state index contributed by atoms with van der Waals surface area (Å²) in [6, 6.07) is 5.80. The van der Waals surface area contributed by atoms with Gasteiger partial charge in [0.25, 0.3) is 0 Å². The monoisotopic (exact) mass is 290 g/mol. The van der Waals surface area contributed by atoms with Crippen LogP contribution in [0.2, 0.25) is 0 Å². The molecule has 2 rings (SSSR count). The van der Waals surface area contributed by atoms with E-state index in [9.17, 15) is 0 Å². The van der Waals surface area contributed by atoms with Gasteiger partial charge in [0.1, 0.15) is 0 Å². The lowest BCUT2D eigenvalue weighted by Crippen LogP contribution is -2.39. The van der Waals surface area contributed by atoms with Gasteiger partial charge in [-0.3, -0.25) is 10.4 Å². The lowest BCUT2D eigenvalue weighted by molar-refractivity contribution is 0.358. The van der Waals surface area contributed by atoms with Gasteiger partial charge in [0, 0.05) is 19.3 Å². The predicted octanol–water partition coefficient (Wildman–Crippen LogP) is 2.95. The van der Waals surface area contributed by atoms with Gasteiger partial charge in [0.2, 0.25) is 0 Å². The minimum absolute atomic E-state index is 0.724. The highest BCUT2D eigenvalue weighted by atomic mass is 32.1. The molecule has 0 spiro atoms. The predicted molar refractivity (Wildman–Crippen MR) is 86.8 cm³/mol. The van der Waals surface area contributed by atoms with E-state index in [1.54, 1.807) is 6.20 Å². The number of nitrogens with zero attached hydrogens (tertiary/aromatic N) is 3. The van der Waals surface area contributed by atoms with Crippen LogP contribution in [0.5, 0.6) is 0 Å². The molecule has 1 N–H and O–H groups in total. The second kappa shape index (κ2) is 7.94. The molecular formula is C15H22N4S. The molecule has 0 radical (unpaired) electrons. The molecule has 1 fully saturated rings. The van der Waals surface area contributed by atoms with Crippen LogP contribution in [0, 0.1) is 0 Å². The van der Waals surface area contributed by atoms with Crippen LogP contribution in [0.3, 0.4) is 0 Å². The number of thiocarbonyl (C=S) groups is 1. The van der Waals surface area contributed by atoms with Crippen molar-refractivity contribution in [3.8, 4) is 0 Å². The second-order valence-electron chi connectivity index (χ2n) is 5.08. The van der Waals surface area contributed by atoms with Crippen LogP contribution in [0.1, 0.15) is 44.7 Å². The van der Waals surface area contributed by atoms with E-state index in [1.807, 2.05) is 25.1 Å². The average Bonchev–Trinajstić information content (AvgIpc) is 2.45. The molecule has 0 bridgehead atoms. The largest absolute Gasteiger partial charge is 0.348 e. The third-order valence-corrected chi connectivity index (χ3v) is 3.85. The van der Waals surface area contributed by atoms with E-state index in [0.717, 1.165) is 29.6 Å². The minimum Gasteiger partial charge on any atom is -0.348 e. The Morgan fingerprint density at radius 2 is 1.90 bits per heavy atom. The molecule has 4 nitrogen and oxygen atoms in total. The second-order valence-corrected chi connectivity index (χ2v) is 5.47. The Morgan fingerprint density at radius 3 is 2.55 bits per heavy atom. The van der Waals surface area contributed by atoms with Gasteiger partial charge >= 0.3 is 0 Å². The molecule has 0 amide bonds. The van der Waals surface area contributed by atoms with E-state index in [4.69, 9.17) is 12.2 Å². The molecule has 20 heavy (non-hydrogen) atoms. The third-order valence-electron chi connectivity index (χ3n) is 3.50. The zero-order valence-corrected chi connectivity index (χ0v) is 12.8. The summed E-state index contributed by atoms with van der Waals surface area (Å²) in [5, 5.41) is 5.07. The smallest absolute Gasteiger partial charge is 0.189 e. The number of rotatable bonds is 2. The molecule has 1 aliphatic heterocycles. The summed E-state index contributed by atoms with van der Waals surface area (Å²) in [7, 11) is 0. The zero-order valence-electron chi connectivity index (χ0n) is 12.0. The zero-order chi connectivity index (χ0) is 14.2. The molecule has 1 aromatic heterocycles. The SMILES string of the molecule is CC(=NNC(=S)N1CCCCCCC1)c1ccccn1. The van der Waals surface area contributed by atoms with Crippen molar-refractivity contribution in [3.05, 3.63) is 30.1 Å². The Hall–Kier alpha value is -1.49. The van der Waals surface area contributed by atoms with Crippen molar-refractivity contribution < 1.29 is 0 Å². The van der Waals surface area contributed by atoms with E-state index in [1.165, 1.54) is 32.1 Å². The first kappa shape index (κ1) is 14.9. The highest BCUT2D eigenvalue weighted by molar-refractivity contribution is 7.80. The maximum absolute atomic E-state index is 5.43. The van der Waals surface area contributed by atoms with Gasteiger partial charge in [0.15, 0.2) is 5.11 Å². The first-order chi connectivity index (χ1) is 9.77. The number of hydrazone groups is 1. The molecule has 1 aliphatic rings.